The largest absolute Gasteiger partial charge is 0.396 e. The first-order valence-electron chi connectivity index (χ1n) is 8.59. The molecule has 1 fully saturated rings. The molecule has 0 saturated carbocycles. The van der Waals surface area contributed by atoms with Crippen LogP contribution < -0.4 is 5.32 Å². The first-order valence-corrected chi connectivity index (χ1v) is 9.75. The summed E-state index contributed by atoms with van der Waals surface area (Å²) in [6.07, 6.45) is 2.60. The number of likely N-dealkylation sites (tertiary alicyclic amines) is 1. The quantitative estimate of drug-likeness (QED) is 0.668. The van der Waals surface area contributed by atoms with E-state index in [1.165, 1.54) is 12.1 Å². The van der Waals surface area contributed by atoms with Gasteiger partial charge in [-0.3, -0.25) is 4.79 Å². The Kier molecular flexibility index (Phi) is 8.56. The minimum Gasteiger partial charge on any atom is -0.396 e. The maximum absolute atomic E-state index is 12.8. The molecule has 0 aromatic heterocycles. The highest BCUT2D eigenvalue weighted by Gasteiger charge is 2.17. The maximum Gasteiger partial charge on any atom is 0.220 e. The Hall–Kier alpha value is -1.11. The summed E-state index contributed by atoms with van der Waals surface area (Å²) >= 11 is 1.69. The van der Waals surface area contributed by atoms with Gasteiger partial charge in [0.05, 0.1) is 0 Å². The van der Waals surface area contributed by atoms with Gasteiger partial charge in [-0.25, -0.2) is 4.39 Å². The zero-order valence-corrected chi connectivity index (χ0v) is 14.9. The number of piperidine rings is 1. The summed E-state index contributed by atoms with van der Waals surface area (Å²) in [5.41, 5.74) is 1.08. The average Bonchev–Trinajstić information content (AvgIpc) is 2.61. The topological polar surface area (TPSA) is 52.6 Å². The molecule has 1 aliphatic heterocycles. The summed E-state index contributed by atoms with van der Waals surface area (Å²) in [6.45, 7) is 3.88. The molecule has 6 heteroatoms. The Bertz CT molecular complexity index is 490. The Balaban J connectivity index is 1.49. The standard InChI is InChI=1S/C18H27FN2O2S/c19-17-3-1-16(2-4-17)14-24-12-7-18(23)20-8-11-21-9-5-15(13-22)6-10-21/h1-4,15,22H,5-14H2,(H,20,23). The lowest BCUT2D eigenvalue weighted by Gasteiger charge is -2.30. The molecule has 2 rings (SSSR count). The summed E-state index contributed by atoms with van der Waals surface area (Å²) in [6, 6.07) is 6.49. The van der Waals surface area contributed by atoms with Crippen molar-refractivity contribution in [1.29, 1.82) is 0 Å². The van der Waals surface area contributed by atoms with Gasteiger partial charge in [-0.15, -0.1) is 0 Å². The van der Waals surface area contributed by atoms with Crippen LogP contribution in [0.25, 0.3) is 0 Å². The normalized spacial score (nSPS) is 16.2. The number of aliphatic hydroxyl groups excluding tert-OH is 1. The van der Waals surface area contributed by atoms with Crippen molar-refractivity contribution in [2.45, 2.75) is 25.0 Å². The van der Waals surface area contributed by atoms with Gasteiger partial charge in [0.25, 0.3) is 0 Å². The highest BCUT2D eigenvalue weighted by atomic mass is 32.2. The Morgan fingerprint density at radius 3 is 2.67 bits per heavy atom. The van der Waals surface area contributed by atoms with E-state index in [4.69, 9.17) is 5.11 Å². The van der Waals surface area contributed by atoms with E-state index in [9.17, 15) is 9.18 Å². The van der Waals surface area contributed by atoms with E-state index in [1.54, 1.807) is 23.9 Å². The van der Waals surface area contributed by atoms with Gasteiger partial charge in [-0.1, -0.05) is 12.1 Å². The molecule has 0 bridgehead atoms. The van der Waals surface area contributed by atoms with Gasteiger partial charge in [0, 0.05) is 37.6 Å². The van der Waals surface area contributed by atoms with Crippen molar-refractivity contribution in [2.75, 3.05) is 38.5 Å². The third kappa shape index (κ3) is 7.20. The molecule has 2 N–H and O–H groups in total. The van der Waals surface area contributed by atoms with E-state index < -0.39 is 0 Å². The molecular formula is C18H27FN2O2S. The predicted molar refractivity (Wildman–Crippen MR) is 96.4 cm³/mol. The maximum atomic E-state index is 12.8. The summed E-state index contributed by atoms with van der Waals surface area (Å²) < 4.78 is 12.8. The van der Waals surface area contributed by atoms with E-state index in [2.05, 4.69) is 10.2 Å². The fraction of sp³-hybridized carbons (Fsp3) is 0.611. The molecule has 0 atom stereocenters. The van der Waals surface area contributed by atoms with Crippen molar-refractivity contribution in [3.05, 3.63) is 35.6 Å². The second-order valence-electron chi connectivity index (χ2n) is 6.25. The Labute approximate surface area is 147 Å². The van der Waals surface area contributed by atoms with Crippen LogP contribution in [0.1, 0.15) is 24.8 Å². The molecule has 4 nitrogen and oxygen atoms in total. The molecule has 1 aromatic rings. The van der Waals surface area contributed by atoms with Gasteiger partial charge in [0.2, 0.25) is 5.91 Å². The molecule has 1 saturated heterocycles. The zero-order chi connectivity index (χ0) is 17.2. The molecule has 0 unspecified atom stereocenters. The number of halogens is 1. The van der Waals surface area contributed by atoms with Crippen LogP contribution >= 0.6 is 11.8 Å². The second-order valence-corrected chi connectivity index (χ2v) is 7.35. The van der Waals surface area contributed by atoms with Crippen LogP contribution in [-0.2, 0) is 10.5 Å². The molecular weight excluding hydrogens is 327 g/mol. The Morgan fingerprint density at radius 2 is 2.00 bits per heavy atom. The lowest BCUT2D eigenvalue weighted by atomic mass is 9.98. The molecule has 24 heavy (non-hydrogen) atoms. The van der Waals surface area contributed by atoms with Gasteiger partial charge in [0.1, 0.15) is 5.82 Å². The molecule has 0 spiro atoms. The number of rotatable bonds is 9. The average molecular weight is 354 g/mol. The first kappa shape index (κ1) is 19.2. The van der Waals surface area contributed by atoms with Crippen molar-refractivity contribution in [1.82, 2.24) is 10.2 Å². The number of nitrogens with one attached hydrogen (secondary N) is 1. The summed E-state index contributed by atoms with van der Waals surface area (Å²) in [4.78, 5) is 14.2. The number of carbonyl (C=O) groups excluding carboxylic acids is 1. The number of carbonyl (C=O) groups is 1. The van der Waals surface area contributed by atoms with Crippen molar-refractivity contribution in [2.24, 2.45) is 5.92 Å². The van der Waals surface area contributed by atoms with E-state index in [0.717, 1.165) is 49.5 Å². The van der Waals surface area contributed by atoms with Crippen molar-refractivity contribution >= 4 is 17.7 Å². The third-order valence-electron chi connectivity index (χ3n) is 4.37. The number of hydrogen-bond acceptors (Lipinski definition) is 4. The van der Waals surface area contributed by atoms with E-state index in [1.807, 2.05) is 0 Å². The molecule has 1 aromatic carbocycles. The van der Waals surface area contributed by atoms with Crippen LogP contribution in [0, 0.1) is 11.7 Å². The monoisotopic (exact) mass is 354 g/mol. The number of hydrogen-bond donors (Lipinski definition) is 2. The van der Waals surface area contributed by atoms with Crippen molar-refractivity contribution in [3.63, 3.8) is 0 Å². The lowest BCUT2D eigenvalue weighted by Crippen LogP contribution is -2.40. The van der Waals surface area contributed by atoms with Crippen LogP contribution in [0.2, 0.25) is 0 Å². The number of amides is 1. The fourth-order valence-corrected chi connectivity index (χ4v) is 3.67. The summed E-state index contributed by atoms with van der Waals surface area (Å²) in [5, 5.41) is 12.1. The van der Waals surface area contributed by atoms with Crippen molar-refractivity contribution < 1.29 is 14.3 Å². The molecule has 134 valence electrons. The molecule has 1 aliphatic rings. The van der Waals surface area contributed by atoms with Crippen LogP contribution in [0.3, 0.4) is 0 Å². The number of thioether (sulfide) groups is 1. The van der Waals surface area contributed by atoms with Gasteiger partial charge in [0.15, 0.2) is 0 Å². The summed E-state index contributed by atoms with van der Waals surface area (Å²) in [5.74, 6) is 1.89. The number of aliphatic hydroxyl groups is 1. The minimum atomic E-state index is -0.219. The highest BCUT2D eigenvalue weighted by Crippen LogP contribution is 2.16. The molecule has 1 amide bonds. The second kappa shape index (κ2) is 10.7. The van der Waals surface area contributed by atoms with E-state index in [0.29, 0.717) is 25.5 Å². The van der Waals surface area contributed by atoms with Gasteiger partial charge in [-0.05, 0) is 49.5 Å². The first-order chi connectivity index (χ1) is 11.7. The molecule has 0 radical (unpaired) electrons. The SMILES string of the molecule is O=C(CCSCc1ccc(F)cc1)NCCN1CCC(CO)CC1. The van der Waals surface area contributed by atoms with E-state index >= 15 is 0 Å². The van der Waals surface area contributed by atoms with Crippen LogP contribution in [0.4, 0.5) is 4.39 Å². The minimum absolute atomic E-state index is 0.0897. The van der Waals surface area contributed by atoms with Gasteiger partial charge < -0.3 is 15.3 Å². The van der Waals surface area contributed by atoms with Crippen LogP contribution in [0.5, 0.6) is 0 Å². The predicted octanol–water partition coefficient (Wildman–Crippen LogP) is 2.27. The van der Waals surface area contributed by atoms with Crippen molar-refractivity contribution in [3.8, 4) is 0 Å². The fourth-order valence-electron chi connectivity index (χ4n) is 2.77. The van der Waals surface area contributed by atoms with Gasteiger partial charge in [-0.2, -0.15) is 11.8 Å². The van der Waals surface area contributed by atoms with Gasteiger partial charge >= 0.3 is 0 Å². The smallest absolute Gasteiger partial charge is 0.220 e. The lowest BCUT2D eigenvalue weighted by molar-refractivity contribution is -0.120. The Morgan fingerprint density at radius 1 is 1.29 bits per heavy atom. The molecule has 1 heterocycles. The molecule has 0 aliphatic carbocycles. The van der Waals surface area contributed by atoms with E-state index in [-0.39, 0.29) is 11.7 Å². The van der Waals surface area contributed by atoms with Crippen LogP contribution in [0.15, 0.2) is 24.3 Å². The third-order valence-corrected chi connectivity index (χ3v) is 5.40. The number of benzene rings is 1. The summed E-state index contributed by atoms with van der Waals surface area (Å²) in [7, 11) is 0. The number of nitrogens with zero attached hydrogens (tertiary/aromatic N) is 1. The highest BCUT2D eigenvalue weighted by molar-refractivity contribution is 7.98. The zero-order valence-electron chi connectivity index (χ0n) is 14.0. The van der Waals surface area contributed by atoms with Crippen LogP contribution in [-0.4, -0.2) is 54.5 Å².